The molecule has 0 spiro atoms. The predicted molar refractivity (Wildman–Crippen MR) is 129 cm³/mol. The molecule has 0 radical (unpaired) electrons. The van der Waals surface area contributed by atoms with Gasteiger partial charge in [-0.2, -0.15) is 0 Å². The second-order valence-corrected chi connectivity index (χ2v) is 8.42. The maximum atomic E-state index is 13.9. The summed E-state index contributed by atoms with van der Waals surface area (Å²) in [5, 5.41) is 9.68. The molecule has 2 aromatic heterocycles. The fourth-order valence-electron chi connectivity index (χ4n) is 3.82. The summed E-state index contributed by atoms with van der Waals surface area (Å²) in [4.78, 5) is 51.6. The minimum absolute atomic E-state index is 0.0246. The Morgan fingerprint density at radius 1 is 1.11 bits per heavy atom. The highest BCUT2D eigenvalue weighted by atomic mass is 19.1. The first-order chi connectivity index (χ1) is 16.7. The fourth-order valence-corrected chi connectivity index (χ4v) is 3.82. The van der Waals surface area contributed by atoms with Gasteiger partial charge in [-0.25, -0.2) is 18.3 Å². The van der Waals surface area contributed by atoms with E-state index in [0.29, 0.717) is 13.0 Å². The number of carbonyl (C=O) groups is 2. The van der Waals surface area contributed by atoms with Crippen LogP contribution in [0.1, 0.15) is 37.6 Å². The Kier molecular flexibility index (Phi) is 6.50. The van der Waals surface area contributed by atoms with E-state index >= 15 is 0 Å². The van der Waals surface area contributed by atoms with Crippen molar-refractivity contribution >= 4 is 34.2 Å². The number of fused-ring (bicyclic) bond motifs is 3. The van der Waals surface area contributed by atoms with Crippen molar-refractivity contribution in [3.8, 4) is 0 Å². The van der Waals surface area contributed by atoms with Gasteiger partial charge < -0.3 is 10.6 Å². The van der Waals surface area contributed by atoms with E-state index in [1.807, 2.05) is 20.8 Å². The zero-order valence-electron chi connectivity index (χ0n) is 19.5. The van der Waals surface area contributed by atoms with Gasteiger partial charge in [-0.15, -0.1) is 5.10 Å². The van der Waals surface area contributed by atoms with E-state index in [1.54, 1.807) is 6.07 Å². The molecule has 2 N–H and O–H groups in total. The molecule has 2 amide bonds. The first-order valence-corrected chi connectivity index (χ1v) is 11.2. The van der Waals surface area contributed by atoms with Crippen LogP contribution in [0.4, 0.5) is 10.1 Å². The standard InChI is InChI=1S/C24H25FN6O4/c1-4-11-29-22(34)16-10-9-15(21(33)26-14(2)3)12-19(16)31-23(29)28-30(24(31)35)13-20(32)27-18-8-6-5-7-17(18)25/h5-10,12,14H,4,11,13H2,1-3H3,(H,26,33)(H,27,32). The largest absolute Gasteiger partial charge is 0.352 e. The number of hydrogen-bond donors (Lipinski definition) is 2. The van der Waals surface area contributed by atoms with Crippen LogP contribution in [0.2, 0.25) is 0 Å². The molecule has 0 aliphatic rings. The number of amides is 2. The van der Waals surface area contributed by atoms with E-state index in [9.17, 15) is 23.6 Å². The molecule has 35 heavy (non-hydrogen) atoms. The summed E-state index contributed by atoms with van der Waals surface area (Å²) in [7, 11) is 0. The van der Waals surface area contributed by atoms with Crippen LogP contribution in [0, 0.1) is 5.82 Å². The Hall–Kier alpha value is -4.28. The van der Waals surface area contributed by atoms with Crippen LogP contribution in [0.3, 0.4) is 0 Å². The molecule has 0 atom stereocenters. The molecule has 0 unspecified atom stereocenters. The third-order valence-corrected chi connectivity index (χ3v) is 5.35. The molecule has 2 heterocycles. The summed E-state index contributed by atoms with van der Waals surface area (Å²) < 4.78 is 17.4. The van der Waals surface area contributed by atoms with Crippen molar-refractivity contribution in [2.75, 3.05) is 5.32 Å². The van der Waals surface area contributed by atoms with E-state index in [0.717, 1.165) is 4.68 Å². The predicted octanol–water partition coefficient (Wildman–Crippen LogP) is 2.14. The highest BCUT2D eigenvalue weighted by Crippen LogP contribution is 2.15. The molecule has 0 saturated heterocycles. The SMILES string of the molecule is CCCn1c(=O)c2ccc(C(=O)NC(C)C)cc2n2c(=O)n(CC(=O)Nc3ccccc3F)nc12. The topological polar surface area (TPSA) is 120 Å². The van der Waals surface area contributed by atoms with Gasteiger partial charge in [0.15, 0.2) is 0 Å². The van der Waals surface area contributed by atoms with E-state index in [4.69, 9.17) is 0 Å². The Labute approximate surface area is 199 Å². The number of halogens is 1. The first kappa shape index (κ1) is 23.9. The van der Waals surface area contributed by atoms with Crippen LogP contribution in [0.5, 0.6) is 0 Å². The van der Waals surface area contributed by atoms with Gasteiger partial charge in [-0.3, -0.25) is 19.0 Å². The second-order valence-electron chi connectivity index (χ2n) is 8.42. The molecule has 2 aromatic carbocycles. The highest BCUT2D eigenvalue weighted by molar-refractivity contribution is 5.98. The van der Waals surface area contributed by atoms with Crippen LogP contribution >= 0.6 is 0 Å². The molecule has 0 aliphatic carbocycles. The zero-order chi connectivity index (χ0) is 25.3. The van der Waals surface area contributed by atoms with Crippen LogP contribution in [-0.2, 0) is 17.9 Å². The smallest absolute Gasteiger partial charge is 0.350 e. The van der Waals surface area contributed by atoms with Gasteiger partial charge in [0.2, 0.25) is 11.7 Å². The molecular formula is C24H25FN6O4. The lowest BCUT2D eigenvalue weighted by Crippen LogP contribution is -2.31. The second kappa shape index (κ2) is 9.53. The van der Waals surface area contributed by atoms with E-state index in [2.05, 4.69) is 15.7 Å². The molecule has 11 heteroatoms. The fraction of sp³-hybridized carbons (Fsp3) is 0.292. The molecule has 0 fully saturated rings. The third-order valence-electron chi connectivity index (χ3n) is 5.35. The Balaban J connectivity index is 1.85. The molecule has 0 saturated carbocycles. The summed E-state index contributed by atoms with van der Waals surface area (Å²) in [6.45, 7) is 5.32. The lowest BCUT2D eigenvalue weighted by molar-refractivity contribution is -0.117. The normalized spacial score (nSPS) is 11.3. The van der Waals surface area contributed by atoms with Gasteiger partial charge in [0.1, 0.15) is 12.4 Å². The minimum Gasteiger partial charge on any atom is -0.350 e. The molecule has 182 valence electrons. The van der Waals surface area contributed by atoms with Crippen molar-refractivity contribution in [2.24, 2.45) is 0 Å². The number of nitrogens with one attached hydrogen (secondary N) is 2. The summed E-state index contributed by atoms with van der Waals surface area (Å²) >= 11 is 0. The summed E-state index contributed by atoms with van der Waals surface area (Å²) in [5.74, 6) is -1.57. The quantitative estimate of drug-likeness (QED) is 0.420. The highest BCUT2D eigenvalue weighted by Gasteiger charge is 2.20. The lowest BCUT2D eigenvalue weighted by Gasteiger charge is -2.11. The monoisotopic (exact) mass is 480 g/mol. The molecule has 10 nitrogen and oxygen atoms in total. The maximum Gasteiger partial charge on any atom is 0.352 e. The zero-order valence-corrected chi connectivity index (χ0v) is 19.5. The van der Waals surface area contributed by atoms with Crippen LogP contribution in [0.15, 0.2) is 52.1 Å². The van der Waals surface area contributed by atoms with Gasteiger partial charge >= 0.3 is 5.69 Å². The van der Waals surface area contributed by atoms with Gasteiger partial charge in [-0.05, 0) is 50.6 Å². The van der Waals surface area contributed by atoms with Crippen molar-refractivity contribution < 1.29 is 14.0 Å². The number of anilines is 1. The van der Waals surface area contributed by atoms with E-state index in [-0.39, 0.29) is 45.4 Å². The Morgan fingerprint density at radius 3 is 2.54 bits per heavy atom. The number of benzene rings is 2. The van der Waals surface area contributed by atoms with Crippen molar-refractivity contribution in [1.29, 1.82) is 0 Å². The Morgan fingerprint density at radius 2 is 1.86 bits per heavy atom. The number of aryl methyl sites for hydroxylation is 1. The van der Waals surface area contributed by atoms with Gasteiger partial charge in [0, 0.05) is 18.2 Å². The number of aromatic nitrogens is 4. The molecule has 0 bridgehead atoms. The van der Waals surface area contributed by atoms with Crippen molar-refractivity contribution in [1.82, 2.24) is 24.1 Å². The van der Waals surface area contributed by atoms with Crippen molar-refractivity contribution in [3.05, 3.63) is 74.7 Å². The first-order valence-electron chi connectivity index (χ1n) is 11.2. The summed E-state index contributed by atoms with van der Waals surface area (Å²) in [6.07, 6.45) is 0.602. The van der Waals surface area contributed by atoms with Gasteiger partial charge in [0.25, 0.3) is 11.5 Å². The number of carbonyl (C=O) groups excluding carboxylic acids is 2. The van der Waals surface area contributed by atoms with Crippen LogP contribution < -0.4 is 21.9 Å². The number of hydrogen-bond acceptors (Lipinski definition) is 5. The average Bonchev–Trinajstić information content (AvgIpc) is 3.13. The summed E-state index contributed by atoms with van der Waals surface area (Å²) in [6, 6.07) is 10.1. The average molecular weight is 481 g/mol. The molecule has 4 rings (SSSR count). The third kappa shape index (κ3) is 4.57. The van der Waals surface area contributed by atoms with E-state index < -0.39 is 24.0 Å². The van der Waals surface area contributed by atoms with Crippen LogP contribution in [-0.4, -0.2) is 36.6 Å². The molecule has 0 aliphatic heterocycles. The summed E-state index contributed by atoms with van der Waals surface area (Å²) in [5.41, 5.74) is -0.571. The number of rotatable bonds is 7. The Bertz CT molecular complexity index is 1570. The maximum absolute atomic E-state index is 13.9. The van der Waals surface area contributed by atoms with Crippen molar-refractivity contribution in [2.45, 2.75) is 46.3 Å². The van der Waals surface area contributed by atoms with Crippen molar-refractivity contribution in [3.63, 3.8) is 0 Å². The number of nitrogens with zero attached hydrogens (tertiary/aromatic N) is 4. The lowest BCUT2D eigenvalue weighted by atomic mass is 10.1. The molecular weight excluding hydrogens is 455 g/mol. The number of para-hydroxylation sites is 1. The van der Waals surface area contributed by atoms with Gasteiger partial charge in [-0.1, -0.05) is 19.1 Å². The minimum atomic E-state index is -0.667. The van der Waals surface area contributed by atoms with E-state index in [1.165, 1.54) is 45.4 Å². The van der Waals surface area contributed by atoms with Gasteiger partial charge in [0.05, 0.1) is 16.6 Å². The molecule has 4 aromatic rings. The van der Waals surface area contributed by atoms with Crippen LogP contribution in [0.25, 0.3) is 16.7 Å².